The van der Waals surface area contributed by atoms with E-state index in [1.807, 2.05) is 6.92 Å². The number of unbranched alkanes of at least 4 members (excludes halogenated alkanes) is 2. The van der Waals surface area contributed by atoms with Crippen LogP contribution in [0.2, 0.25) is 0 Å². The summed E-state index contributed by atoms with van der Waals surface area (Å²) >= 11 is 0. The van der Waals surface area contributed by atoms with Crippen molar-refractivity contribution in [2.24, 2.45) is 22.2 Å². The number of esters is 1. The number of phenols is 2. The van der Waals surface area contributed by atoms with Gasteiger partial charge in [-0.15, -0.1) is 6.58 Å². The maximum Gasteiger partial charge on any atom is 0.342 e. The fourth-order valence-electron chi connectivity index (χ4n) is 8.63. The predicted octanol–water partition coefficient (Wildman–Crippen LogP) is 8.61. The molecule has 3 fully saturated rings. The second-order valence-corrected chi connectivity index (χ2v) is 12.9. The Kier molecular flexibility index (Phi) is 7.63. The zero-order valence-corrected chi connectivity index (χ0v) is 24.0. The van der Waals surface area contributed by atoms with Crippen LogP contribution in [-0.4, -0.2) is 22.3 Å². The molecule has 0 saturated heterocycles. The molecule has 204 valence electrons. The van der Waals surface area contributed by atoms with Crippen molar-refractivity contribution in [3.8, 4) is 11.5 Å². The summed E-state index contributed by atoms with van der Waals surface area (Å²) in [6.45, 7) is 16.5. The first-order valence-corrected chi connectivity index (χ1v) is 14.5. The van der Waals surface area contributed by atoms with Gasteiger partial charge in [0.1, 0.15) is 23.2 Å². The molecule has 0 radical (unpaired) electrons. The van der Waals surface area contributed by atoms with Crippen LogP contribution in [0.3, 0.4) is 0 Å². The van der Waals surface area contributed by atoms with E-state index in [9.17, 15) is 15.0 Å². The first-order valence-electron chi connectivity index (χ1n) is 14.5. The summed E-state index contributed by atoms with van der Waals surface area (Å²) in [5, 5.41) is 22.4. The lowest BCUT2D eigenvalue weighted by atomic mass is 9.53. The van der Waals surface area contributed by atoms with Crippen LogP contribution in [0.15, 0.2) is 30.4 Å². The highest BCUT2D eigenvalue weighted by atomic mass is 16.5. The Morgan fingerprint density at radius 3 is 2.54 bits per heavy atom. The van der Waals surface area contributed by atoms with E-state index in [4.69, 9.17) is 4.74 Å². The van der Waals surface area contributed by atoms with Crippen molar-refractivity contribution >= 4 is 5.97 Å². The normalized spacial score (nSPS) is 32.6. The molecule has 4 heteroatoms. The number of allylic oxidation sites excluding steroid dienone is 3. The van der Waals surface area contributed by atoms with E-state index in [1.54, 1.807) is 12.1 Å². The molecule has 4 nitrogen and oxygen atoms in total. The second kappa shape index (κ2) is 10.2. The van der Waals surface area contributed by atoms with Crippen LogP contribution in [0.4, 0.5) is 0 Å². The van der Waals surface area contributed by atoms with Gasteiger partial charge >= 0.3 is 5.97 Å². The number of benzene rings is 1. The average molecular weight is 509 g/mol. The van der Waals surface area contributed by atoms with Crippen LogP contribution >= 0.6 is 0 Å². The lowest BCUT2D eigenvalue weighted by Crippen LogP contribution is -2.55. The Bertz CT molecular complexity index is 1080. The van der Waals surface area contributed by atoms with E-state index in [-0.39, 0.29) is 34.5 Å². The molecule has 5 atom stereocenters. The Morgan fingerprint density at radius 2 is 1.92 bits per heavy atom. The molecular weight excluding hydrogens is 460 g/mol. The topological polar surface area (TPSA) is 66.8 Å². The standard InChI is InChI=1S/C30H42O4.C3H6/c1-6-7-8-11-20-16-21(31)24(19-12-9-10-18(2)15-19)26(32)25(20)27(33)34-23-17-30-22(28(30,3)4)13-14-29(23,30)5;1-3-2/h15-16,19,22-23,31-32H,6-14,17H2,1-5H3;3H,1H2,2H3. The third kappa shape index (κ3) is 4.23. The molecule has 4 aliphatic carbocycles. The number of hydrogen-bond acceptors (Lipinski definition) is 4. The Morgan fingerprint density at radius 1 is 1.22 bits per heavy atom. The Labute approximate surface area is 224 Å². The summed E-state index contributed by atoms with van der Waals surface area (Å²) in [4.78, 5) is 13.7. The van der Waals surface area contributed by atoms with Crippen LogP contribution in [0.25, 0.3) is 0 Å². The van der Waals surface area contributed by atoms with Crippen LogP contribution in [0.1, 0.15) is 127 Å². The van der Waals surface area contributed by atoms with Gasteiger partial charge in [-0.25, -0.2) is 4.79 Å². The van der Waals surface area contributed by atoms with Gasteiger partial charge in [0.05, 0.1) is 0 Å². The SMILES string of the molecule is C=CC.CCCCCc1cc(O)c(C2C=C(C)CCC2)c(O)c1C(=O)OC1CC23C(CCC12C)C3(C)C. The molecule has 0 amide bonds. The predicted molar refractivity (Wildman–Crippen MR) is 150 cm³/mol. The van der Waals surface area contributed by atoms with E-state index in [2.05, 4.69) is 47.3 Å². The monoisotopic (exact) mass is 508 g/mol. The van der Waals surface area contributed by atoms with Crippen LogP contribution in [0, 0.1) is 22.2 Å². The van der Waals surface area contributed by atoms with Crippen LogP contribution < -0.4 is 0 Å². The van der Waals surface area contributed by atoms with Crippen molar-refractivity contribution in [1.29, 1.82) is 0 Å². The highest BCUT2D eigenvalue weighted by molar-refractivity contribution is 5.95. The van der Waals surface area contributed by atoms with Crippen molar-refractivity contribution in [3.63, 3.8) is 0 Å². The molecule has 3 saturated carbocycles. The number of phenolic OH excluding ortho intramolecular Hbond substituents is 2. The molecule has 5 unspecified atom stereocenters. The summed E-state index contributed by atoms with van der Waals surface area (Å²) in [7, 11) is 0. The fraction of sp³-hybridized carbons (Fsp3) is 0.667. The fourth-order valence-corrected chi connectivity index (χ4v) is 8.63. The first kappa shape index (κ1) is 27.8. The lowest BCUT2D eigenvalue weighted by molar-refractivity contribution is -0.142. The third-order valence-corrected chi connectivity index (χ3v) is 10.6. The summed E-state index contributed by atoms with van der Waals surface area (Å²) in [6.07, 6.45) is 13.7. The van der Waals surface area contributed by atoms with Crippen molar-refractivity contribution in [1.82, 2.24) is 0 Å². The highest BCUT2D eigenvalue weighted by Gasteiger charge is 2.87. The van der Waals surface area contributed by atoms with Crippen molar-refractivity contribution in [3.05, 3.63) is 47.1 Å². The first-order chi connectivity index (χ1) is 17.5. The maximum absolute atomic E-state index is 13.7. The third-order valence-electron chi connectivity index (χ3n) is 10.6. The number of hydrogen-bond donors (Lipinski definition) is 2. The molecule has 0 aromatic heterocycles. The summed E-state index contributed by atoms with van der Waals surface area (Å²) in [6, 6.07) is 1.72. The highest BCUT2D eigenvalue weighted by Crippen LogP contribution is 2.90. The number of carbonyl (C=O) groups is 1. The number of ether oxygens (including phenoxy) is 1. The Balaban J connectivity index is 0.00000102. The van der Waals surface area contributed by atoms with E-state index in [1.165, 1.54) is 12.0 Å². The molecular formula is C33H48O4. The quantitative estimate of drug-likeness (QED) is 0.220. The molecule has 0 aliphatic heterocycles. The van der Waals surface area contributed by atoms with Gasteiger partial charge in [-0.05, 0) is 93.6 Å². The minimum absolute atomic E-state index is 0.0395. The van der Waals surface area contributed by atoms with Gasteiger partial charge in [-0.2, -0.15) is 0 Å². The van der Waals surface area contributed by atoms with Gasteiger partial charge < -0.3 is 14.9 Å². The summed E-state index contributed by atoms with van der Waals surface area (Å²) in [5.41, 5.74) is 3.46. The molecule has 1 spiro atoms. The Hall–Kier alpha value is -2.23. The van der Waals surface area contributed by atoms with E-state index < -0.39 is 5.97 Å². The molecule has 2 N–H and O–H groups in total. The lowest BCUT2D eigenvalue weighted by Gasteiger charge is -2.54. The molecule has 0 bridgehead atoms. The van der Waals surface area contributed by atoms with Crippen molar-refractivity contribution in [2.75, 3.05) is 0 Å². The summed E-state index contributed by atoms with van der Waals surface area (Å²) < 4.78 is 6.21. The van der Waals surface area contributed by atoms with Gasteiger partial charge in [0.25, 0.3) is 0 Å². The second-order valence-electron chi connectivity index (χ2n) is 12.9. The van der Waals surface area contributed by atoms with Gasteiger partial charge in [-0.1, -0.05) is 58.3 Å². The van der Waals surface area contributed by atoms with E-state index in [0.29, 0.717) is 28.4 Å². The van der Waals surface area contributed by atoms with Gasteiger partial charge in [0.2, 0.25) is 0 Å². The molecule has 4 aliphatic rings. The van der Waals surface area contributed by atoms with Crippen molar-refractivity contribution in [2.45, 2.75) is 118 Å². The number of aryl methyl sites for hydroxylation is 1. The summed E-state index contributed by atoms with van der Waals surface area (Å²) in [5.74, 6) is 0.300. The molecule has 0 heterocycles. The zero-order valence-electron chi connectivity index (χ0n) is 24.0. The molecule has 5 rings (SSSR count). The van der Waals surface area contributed by atoms with E-state index in [0.717, 1.165) is 57.3 Å². The van der Waals surface area contributed by atoms with Gasteiger partial charge in [-0.3, -0.25) is 0 Å². The minimum Gasteiger partial charge on any atom is -0.507 e. The average Bonchev–Trinajstić information content (AvgIpc) is 3.21. The number of carbonyl (C=O) groups excluding carboxylic acids is 1. The van der Waals surface area contributed by atoms with Crippen molar-refractivity contribution < 1.29 is 19.7 Å². The van der Waals surface area contributed by atoms with Gasteiger partial charge in [0, 0.05) is 16.9 Å². The largest absolute Gasteiger partial charge is 0.507 e. The molecule has 1 aromatic rings. The number of aromatic hydroxyl groups is 2. The zero-order chi connectivity index (χ0) is 27.2. The smallest absolute Gasteiger partial charge is 0.342 e. The van der Waals surface area contributed by atoms with E-state index >= 15 is 0 Å². The minimum atomic E-state index is -0.412. The van der Waals surface area contributed by atoms with Crippen LogP contribution in [0.5, 0.6) is 11.5 Å². The van der Waals surface area contributed by atoms with Crippen LogP contribution in [-0.2, 0) is 11.2 Å². The molecule has 1 aromatic carbocycles. The molecule has 37 heavy (non-hydrogen) atoms. The van der Waals surface area contributed by atoms with Gasteiger partial charge in [0.15, 0.2) is 0 Å². The maximum atomic E-state index is 13.7. The number of rotatable bonds is 7.